The van der Waals surface area contributed by atoms with Crippen LogP contribution in [0.25, 0.3) is 0 Å². The Morgan fingerprint density at radius 1 is 1.11 bits per heavy atom. The van der Waals surface area contributed by atoms with E-state index in [1.807, 2.05) is 4.90 Å². The smallest absolute Gasteiger partial charge is 0.264 e. The van der Waals surface area contributed by atoms with E-state index in [-0.39, 0.29) is 10.8 Å². The van der Waals surface area contributed by atoms with Gasteiger partial charge in [-0.1, -0.05) is 25.1 Å². The number of anilines is 1. The molecule has 1 saturated heterocycles. The number of carbonyl (C=O) groups is 1. The fourth-order valence-electron chi connectivity index (χ4n) is 3.54. The summed E-state index contributed by atoms with van der Waals surface area (Å²) in [5, 5.41) is 0. The minimum absolute atomic E-state index is 0.0158. The van der Waals surface area contributed by atoms with E-state index >= 15 is 0 Å². The summed E-state index contributed by atoms with van der Waals surface area (Å²) >= 11 is 0. The summed E-state index contributed by atoms with van der Waals surface area (Å²) in [6, 6.07) is 15.3. The van der Waals surface area contributed by atoms with Crippen LogP contribution in [0.5, 0.6) is 0 Å². The number of amides is 1. The highest BCUT2D eigenvalue weighted by Gasteiger charge is 2.25. The summed E-state index contributed by atoms with van der Waals surface area (Å²) in [6.07, 6.45) is 2.19. The van der Waals surface area contributed by atoms with Crippen molar-refractivity contribution in [1.29, 1.82) is 0 Å². The fourth-order valence-corrected chi connectivity index (χ4v) is 5.03. The lowest BCUT2D eigenvalue weighted by Gasteiger charge is -2.31. The zero-order chi connectivity index (χ0) is 19.4. The molecule has 5 nitrogen and oxygen atoms in total. The van der Waals surface area contributed by atoms with E-state index in [9.17, 15) is 13.2 Å². The molecule has 0 aliphatic carbocycles. The Morgan fingerprint density at radius 2 is 1.78 bits per heavy atom. The molecule has 0 aromatic heterocycles. The van der Waals surface area contributed by atoms with Gasteiger partial charge in [-0.3, -0.25) is 9.10 Å². The zero-order valence-corrected chi connectivity index (χ0v) is 16.7. The molecule has 0 unspecified atom stereocenters. The molecular formula is C21H26N2O3S. The molecule has 27 heavy (non-hydrogen) atoms. The summed E-state index contributed by atoms with van der Waals surface area (Å²) in [4.78, 5) is 14.9. The van der Waals surface area contributed by atoms with Crippen LogP contribution in [0, 0.1) is 5.92 Å². The number of nitrogens with zero attached hydrogens (tertiary/aromatic N) is 2. The van der Waals surface area contributed by atoms with E-state index in [4.69, 9.17) is 0 Å². The minimum atomic E-state index is -3.63. The van der Waals surface area contributed by atoms with E-state index in [1.54, 1.807) is 61.5 Å². The van der Waals surface area contributed by atoms with E-state index in [1.165, 1.54) is 4.31 Å². The molecule has 1 aliphatic heterocycles. The third-order valence-corrected chi connectivity index (χ3v) is 6.88. The van der Waals surface area contributed by atoms with Crippen molar-refractivity contribution in [3.8, 4) is 0 Å². The summed E-state index contributed by atoms with van der Waals surface area (Å²) in [6.45, 7) is 5.84. The number of piperidine rings is 1. The molecule has 0 radical (unpaired) electrons. The second-order valence-corrected chi connectivity index (χ2v) is 8.89. The first kappa shape index (κ1) is 19.4. The highest BCUT2D eigenvalue weighted by molar-refractivity contribution is 7.92. The van der Waals surface area contributed by atoms with Crippen LogP contribution in [-0.4, -0.2) is 38.9 Å². The molecule has 2 aromatic rings. The number of hydrogen-bond donors (Lipinski definition) is 0. The van der Waals surface area contributed by atoms with Crippen LogP contribution in [0.3, 0.4) is 0 Å². The van der Waals surface area contributed by atoms with Gasteiger partial charge >= 0.3 is 0 Å². The molecule has 1 aliphatic rings. The van der Waals surface area contributed by atoms with Gasteiger partial charge in [0.15, 0.2) is 0 Å². The molecule has 144 valence electrons. The Morgan fingerprint density at radius 3 is 2.37 bits per heavy atom. The third kappa shape index (κ3) is 4.16. The lowest BCUT2D eigenvalue weighted by molar-refractivity contribution is 0.0683. The Bertz CT molecular complexity index is 879. The van der Waals surface area contributed by atoms with Gasteiger partial charge in [-0.25, -0.2) is 8.42 Å². The molecule has 0 bridgehead atoms. The van der Waals surface area contributed by atoms with E-state index in [2.05, 4.69) is 6.92 Å². The SMILES string of the molecule is CCN(c1ccc(C(=O)N2CCC[C@H](C)C2)cc1)S(=O)(=O)c1ccccc1. The van der Waals surface area contributed by atoms with Crippen molar-refractivity contribution in [3.05, 3.63) is 60.2 Å². The summed E-state index contributed by atoms with van der Waals surface area (Å²) < 4.78 is 27.2. The summed E-state index contributed by atoms with van der Waals surface area (Å²) in [5.41, 5.74) is 1.16. The Balaban J connectivity index is 1.82. The predicted octanol–water partition coefficient (Wildman–Crippen LogP) is 3.77. The molecule has 0 spiro atoms. The molecule has 1 amide bonds. The highest BCUT2D eigenvalue weighted by atomic mass is 32.2. The van der Waals surface area contributed by atoms with Gasteiger partial charge in [0.25, 0.3) is 15.9 Å². The van der Waals surface area contributed by atoms with Crippen LogP contribution < -0.4 is 4.31 Å². The van der Waals surface area contributed by atoms with Crippen molar-refractivity contribution in [2.24, 2.45) is 5.92 Å². The van der Waals surface area contributed by atoms with E-state index in [0.717, 1.165) is 25.9 Å². The molecule has 1 atom stereocenters. The molecule has 2 aromatic carbocycles. The molecule has 6 heteroatoms. The molecule has 1 heterocycles. The van der Waals surface area contributed by atoms with Gasteiger partial charge in [0.2, 0.25) is 0 Å². The highest BCUT2D eigenvalue weighted by Crippen LogP contribution is 2.25. The van der Waals surface area contributed by atoms with Crippen molar-refractivity contribution in [1.82, 2.24) is 4.90 Å². The monoisotopic (exact) mass is 386 g/mol. The van der Waals surface area contributed by atoms with Crippen LogP contribution in [0.4, 0.5) is 5.69 Å². The van der Waals surface area contributed by atoms with Gasteiger partial charge in [0, 0.05) is 25.2 Å². The number of carbonyl (C=O) groups excluding carboxylic acids is 1. The van der Waals surface area contributed by atoms with Crippen LogP contribution in [0.15, 0.2) is 59.5 Å². The van der Waals surface area contributed by atoms with Gasteiger partial charge < -0.3 is 4.90 Å². The Hall–Kier alpha value is -2.34. The van der Waals surface area contributed by atoms with Crippen LogP contribution in [0.2, 0.25) is 0 Å². The van der Waals surface area contributed by atoms with Gasteiger partial charge in [-0.2, -0.15) is 0 Å². The van der Waals surface area contributed by atoms with E-state index in [0.29, 0.717) is 23.7 Å². The molecule has 0 saturated carbocycles. The number of benzene rings is 2. The molecule has 3 rings (SSSR count). The van der Waals surface area contributed by atoms with Crippen LogP contribution >= 0.6 is 0 Å². The maximum absolute atomic E-state index is 12.9. The van der Waals surface area contributed by atoms with Crippen molar-refractivity contribution >= 4 is 21.6 Å². The maximum atomic E-state index is 12.9. The Labute approximate surface area is 161 Å². The predicted molar refractivity (Wildman–Crippen MR) is 107 cm³/mol. The molecule has 1 fully saturated rings. The molecular weight excluding hydrogens is 360 g/mol. The largest absolute Gasteiger partial charge is 0.338 e. The van der Waals surface area contributed by atoms with Crippen molar-refractivity contribution in [3.63, 3.8) is 0 Å². The average Bonchev–Trinajstić information content (AvgIpc) is 2.69. The molecule has 0 N–H and O–H groups in total. The standard InChI is InChI=1S/C21H26N2O3S/c1-3-23(27(25,26)20-9-5-4-6-10-20)19-13-11-18(12-14-19)21(24)22-15-7-8-17(2)16-22/h4-6,9-14,17H,3,7-8,15-16H2,1-2H3/t17-/m0/s1. The van der Waals surface area contributed by atoms with Gasteiger partial charge in [0.05, 0.1) is 10.6 Å². The first-order valence-electron chi connectivity index (χ1n) is 9.40. The van der Waals surface area contributed by atoms with Gasteiger partial charge in [0.1, 0.15) is 0 Å². The number of likely N-dealkylation sites (tertiary alicyclic amines) is 1. The van der Waals surface area contributed by atoms with Crippen molar-refractivity contribution < 1.29 is 13.2 Å². The van der Waals surface area contributed by atoms with Crippen LogP contribution in [-0.2, 0) is 10.0 Å². The minimum Gasteiger partial charge on any atom is -0.338 e. The van der Waals surface area contributed by atoms with Crippen LogP contribution in [0.1, 0.15) is 37.0 Å². The quantitative estimate of drug-likeness (QED) is 0.786. The second kappa shape index (κ2) is 8.13. The average molecular weight is 387 g/mol. The topological polar surface area (TPSA) is 57.7 Å². The lowest BCUT2D eigenvalue weighted by atomic mass is 9.99. The number of rotatable bonds is 5. The number of sulfonamides is 1. The van der Waals surface area contributed by atoms with Gasteiger partial charge in [-0.05, 0) is 62.1 Å². The van der Waals surface area contributed by atoms with Crippen molar-refractivity contribution in [2.45, 2.75) is 31.6 Å². The lowest BCUT2D eigenvalue weighted by Crippen LogP contribution is -2.39. The number of hydrogen-bond acceptors (Lipinski definition) is 3. The third-order valence-electron chi connectivity index (χ3n) is 4.96. The zero-order valence-electron chi connectivity index (χ0n) is 15.8. The first-order valence-corrected chi connectivity index (χ1v) is 10.8. The van der Waals surface area contributed by atoms with Gasteiger partial charge in [-0.15, -0.1) is 0 Å². The summed E-state index contributed by atoms with van der Waals surface area (Å²) in [7, 11) is -3.63. The summed E-state index contributed by atoms with van der Waals surface area (Å²) in [5.74, 6) is 0.538. The normalized spacial score (nSPS) is 17.6. The van der Waals surface area contributed by atoms with E-state index < -0.39 is 10.0 Å². The second-order valence-electron chi connectivity index (χ2n) is 7.03. The fraction of sp³-hybridized carbons (Fsp3) is 0.381. The Kier molecular flexibility index (Phi) is 5.85. The first-order chi connectivity index (χ1) is 12.9. The van der Waals surface area contributed by atoms with Crippen molar-refractivity contribution in [2.75, 3.05) is 23.9 Å². The maximum Gasteiger partial charge on any atom is 0.264 e.